The third-order valence-electron chi connectivity index (χ3n) is 11.2. The zero-order chi connectivity index (χ0) is 45.5. The number of rotatable bonds is 6. The van der Waals surface area contributed by atoms with Crippen LogP contribution in [0.15, 0.2) is 128 Å². The smallest absolute Gasteiger partial charge is 0.419 e. The van der Waals surface area contributed by atoms with Crippen molar-refractivity contribution >= 4 is 67.0 Å². The minimum absolute atomic E-state index is 0. The molecule has 3 aliphatic heterocycles. The van der Waals surface area contributed by atoms with Crippen LogP contribution in [0.3, 0.4) is 0 Å². The number of hydrogen-bond acceptors (Lipinski definition) is 11. The number of benzene rings is 3. The molecule has 3 aliphatic rings. The Morgan fingerprint density at radius 2 is 1.25 bits per heavy atom. The maximum atomic E-state index is 12.6. The summed E-state index contributed by atoms with van der Waals surface area (Å²) in [6.45, 7) is 16.7. The summed E-state index contributed by atoms with van der Waals surface area (Å²) in [7, 11) is 4.98. The zero-order valence-electron chi connectivity index (χ0n) is 36.0. The Balaban J connectivity index is 0.000000161. The zero-order valence-corrected chi connectivity index (χ0v) is 36.8. The summed E-state index contributed by atoms with van der Waals surface area (Å²) in [5.74, 6) is 1.25. The highest BCUT2D eigenvalue weighted by Crippen LogP contribution is 2.33. The van der Waals surface area contributed by atoms with Gasteiger partial charge in [-0.1, -0.05) is 81.8 Å². The Bertz CT molecular complexity index is 2780. The second-order valence-electron chi connectivity index (χ2n) is 16.6. The van der Waals surface area contributed by atoms with E-state index < -0.39 is 36.0 Å². The van der Waals surface area contributed by atoms with Gasteiger partial charge >= 0.3 is 6.09 Å². The fourth-order valence-corrected chi connectivity index (χ4v) is 8.64. The summed E-state index contributed by atoms with van der Waals surface area (Å²) in [6.07, 6.45) is 1.39. The number of amides is 3. The van der Waals surface area contributed by atoms with E-state index in [2.05, 4.69) is 58.2 Å². The highest BCUT2D eigenvalue weighted by Gasteiger charge is 2.40. The Hall–Kier alpha value is -6.88. The number of carbonyl (C=O) groups excluding carboxylic acids is 4. The normalized spacial score (nSPS) is 19.4. The Morgan fingerprint density at radius 1 is 0.734 bits per heavy atom. The molecule has 64 heavy (non-hydrogen) atoms. The first-order valence-electron chi connectivity index (χ1n) is 20.3. The standard InChI is InChI=1S/C19H23N3O4.C14H15N3O2.C14H14N2OS.CH4/c1-11-20-15(17(24)21(11)5)16(23)13-10-22(18(25)26-19(2,3)4)14-9-7-6-8-12(13)14;1-8-16-12(14(19)17(8)2)13(18)10-7-15-11-6-4-3-5-9(10)11;1-9-15-12(14(17)16(9)2)7-10-8-18-13-6-4-3-5-11(10)13;/h6-10,15-16,20,23H,1H2,2-5H3;3-7,12-13,15-16,18H,1H2,2H3;3-6,8,12,15H,1,7H2,2H3;1H4. The topological polar surface area (TPSA) is 184 Å². The highest BCUT2D eigenvalue weighted by atomic mass is 32.1. The predicted octanol–water partition coefficient (Wildman–Crippen LogP) is 6.44. The summed E-state index contributed by atoms with van der Waals surface area (Å²) in [6, 6.07) is 21.4. The van der Waals surface area contributed by atoms with Crippen molar-refractivity contribution in [1.29, 1.82) is 0 Å². The molecule has 3 aromatic heterocycles. The molecule has 15 nitrogen and oxygen atoms in total. The number of fused-ring (bicyclic) bond motifs is 3. The van der Waals surface area contributed by atoms with Crippen LogP contribution >= 0.6 is 11.3 Å². The number of aliphatic hydroxyl groups is 2. The number of carbonyl (C=O) groups is 4. The third kappa shape index (κ3) is 9.11. The molecule has 5 unspecified atom stereocenters. The van der Waals surface area contributed by atoms with Crippen molar-refractivity contribution in [3.05, 3.63) is 144 Å². The van der Waals surface area contributed by atoms with E-state index in [0.717, 1.165) is 10.9 Å². The molecule has 9 rings (SSSR count). The van der Waals surface area contributed by atoms with Gasteiger partial charge in [0, 0.05) is 72.1 Å². The molecule has 6 aromatic rings. The summed E-state index contributed by atoms with van der Waals surface area (Å²) in [5.41, 5.74) is 3.31. The summed E-state index contributed by atoms with van der Waals surface area (Å²) in [4.78, 5) is 56.4. The van der Waals surface area contributed by atoms with E-state index in [4.69, 9.17) is 4.74 Å². The van der Waals surface area contributed by atoms with Gasteiger partial charge in [-0.3, -0.25) is 19.0 Å². The quantitative estimate of drug-likeness (QED) is 0.109. The van der Waals surface area contributed by atoms with Gasteiger partial charge in [0.25, 0.3) is 17.7 Å². The van der Waals surface area contributed by atoms with E-state index in [1.54, 1.807) is 82.5 Å². The minimum Gasteiger partial charge on any atom is -0.443 e. The van der Waals surface area contributed by atoms with E-state index >= 15 is 0 Å². The van der Waals surface area contributed by atoms with Gasteiger partial charge in [-0.05, 0) is 55.3 Å². The molecule has 3 saturated heterocycles. The molecule has 0 aliphatic carbocycles. The van der Waals surface area contributed by atoms with Crippen molar-refractivity contribution in [2.24, 2.45) is 0 Å². The molecule has 5 atom stereocenters. The Kier molecular flexibility index (Phi) is 13.4. The van der Waals surface area contributed by atoms with Crippen LogP contribution in [0, 0.1) is 0 Å². The minimum atomic E-state index is -1.14. The molecular weight excluding hydrogens is 833 g/mol. The van der Waals surface area contributed by atoms with Crippen LogP contribution in [-0.2, 0) is 25.5 Å². The highest BCUT2D eigenvalue weighted by molar-refractivity contribution is 7.17. The Labute approximate surface area is 376 Å². The molecular formula is C48H56N8O7S. The largest absolute Gasteiger partial charge is 0.443 e. The average molecular weight is 889 g/mol. The van der Waals surface area contributed by atoms with E-state index in [0.29, 0.717) is 45.9 Å². The molecule has 6 heterocycles. The molecule has 6 N–H and O–H groups in total. The van der Waals surface area contributed by atoms with Gasteiger partial charge in [-0.2, -0.15) is 0 Å². The number of nitrogens with one attached hydrogen (secondary N) is 4. The first kappa shape index (κ1) is 46.6. The number of ether oxygens (including phenoxy) is 1. The van der Waals surface area contributed by atoms with Crippen LogP contribution in [0.2, 0.25) is 0 Å². The SMILES string of the molecule is C.C=C1NC(C(O)c2c[nH]c3ccccc23)C(=O)N1C.C=C1NC(C(O)c2cn(C(=O)OC(C)(C)C)c3ccccc23)C(=O)N1C.C=C1NC(Cc2csc3ccccc23)C(=O)N1C. The average Bonchev–Trinajstić information content (AvgIpc) is 4.11. The van der Waals surface area contributed by atoms with Crippen LogP contribution in [0.4, 0.5) is 4.79 Å². The predicted molar refractivity (Wildman–Crippen MR) is 251 cm³/mol. The molecule has 0 spiro atoms. The number of thiophene rings is 1. The fourth-order valence-electron chi connectivity index (χ4n) is 7.66. The fraction of sp³-hybridized carbons (Fsp3) is 0.292. The molecule has 3 fully saturated rings. The number of aliphatic hydroxyl groups excluding tert-OH is 2. The van der Waals surface area contributed by atoms with E-state index in [1.165, 1.54) is 36.2 Å². The van der Waals surface area contributed by atoms with Gasteiger partial charge in [-0.15, -0.1) is 11.3 Å². The van der Waals surface area contributed by atoms with Crippen molar-refractivity contribution in [2.45, 2.75) is 70.6 Å². The molecule has 0 radical (unpaired) electrons. The van der Waals surface area contributed by atoms with Crippen LogP contribution < -0.4 is 16.0 Å². The van der Waals surface area contributed by atoms with Crippen LogP contribution in [0.1, 0.15) is 57.1 Å². The molecule has 0 bridgehead atoms. The van der Waals surface area contributed by atoms with Crippen molar-refractivity contribution in [3.8, 4) is 0 Å². The summed E-state index contributed by atoms with van der Waals surface area (Å²) < 4.78 is 8.07. The first-order chi connectivity index (χ1) is 29.9. The number of aromatic amines is 1. The van der Waals surface area contributed by atoms with Crippen molar-refractivity contribution < 1.29 is 34.1 Å². The Morgan fingerprint density at radius 3 is 1.81 bits per heavy atom. The summed E-state index contributed by atoms with van der Waals surface area (Å²) >= 11 is 1.73. The monoisotopic (exact) mass is 888 g/mol. The van der Waals surface area contributed by atoms with Crippen molar-refractivity contribution in [3.63, 3.8) is 0 Å². The van der Waals surface area contributed by atoms with E-state index in [1.807, 2.05) is 42.5 Å². The van der Waals surface area contributed by atoms with Crippen molar-refractivity contribution in [2.75, 3.05) is 21.1 Å². The molecule has 336 valence electrons. The third-order valence-corrected chi connectivity index (χ3v) is 12.2. The molecule has 0 saturated carbocycles. The molecule has 3 aromatic carbocycles. The van der Waals surface area contributed by atoms with E-state index in [-0.39, 0.29) is 31.2 Å². The molecule has 16 heteroatoms. The lowest BCUT2D eigenvalue weighted by Gasteiger charge is -2.19. The van der Waals surface area contributed by atoms with Crippen LogP contribution in [0.5, 0.6) is 0 Å². The lowest BCUT2D eigenvalue weighted by atomic mass is 10.0. The van der Waals surface area contributed by atoms with Gasteiger partial charge in [0.2, 0.25) is 0 Å². The maximum Gasteiger partial charge on any atom is 0.419 e. The van der Waals surface area contributed by atoms with E-state index in [9.17, 15) is 29.4 Å². The van der Waals surface area contributed by atoms with Crippen molar-refractivity contribution in [1.82, 2.24) is 40.2 Å². The summed E-state index contributed by atoms with van der Waals surface area (Å²) in [5, 5.41) is 35.2. The number of aromatic nitrogens is 2. The lowest BCUT2D eigenvalue weighted by Crippen LogP contribution is -2.35. The van der Waals surface area contributed by atoms with Gasteiger partial charge in [-0.25, -0.2) is 4.79 Å². The van der Waals surface area contributed by atoms with Crippen LogP contribution in [0.25, 0.3) is 31.9 Å². The molecule has 3 amide bonds. The lowest BCUT2D eigenvalue weighted by molar-refractivity contribution is -0.130. The van der Waals surface area contributed by atoms with Gasteiger partial charge in [0.1, 0.15) is 53.4 Å². The number of nitrogens with zero attached hydrogens (tertiary/aromatic N) is 4. The second kappa shape index (κ2) is 18.5. The number of para-hydroxylation sites is 2. The second-order valence-corrected chi connectivity index (χ2v) is 17.5. The number of H-pyrrole nitrogens is 1. The first-order valence-corrected chi connectivity index (χ1v) is 21.1. The van der Waals surface area contributed by atoms with Gasteiger partial charge in [0.05, 0.1) is 5.52 Å². The van der Waals surface area contributed by atoms with Crippen LogP contribution in [-0.4, -0.2) is 103 Å². The van der Waals surface area contributed by atoms with Gasteiger partial charge < -0.3 is 50.6 Å². The van der Waals surface area contributed by atoms with Gasteiger partial charge in [0.15, 0.2) is 0 Å². The number of hydrogen-bond donors (Lipinski definition) is 6. The number of likely N-dealkylation sites (N-methyl/N-ethyl adjacent to an activating group) is 3. The maximum absolute atomic E-state index is 12.6.